The lowest BCUT2D eigenvalue weighted by Crippen LogP contribution is -2.56. The normalized spacial score (nSPS) is 35.6. The van der Waals surface area contributed by atoms with Crippen LogP contribution < -0.4 is 0 Å². The third kappa shape index (κ3) is 1.03. The second-order valence-corrected chi connectivity index (χ2v) is 3.97. The molecule has 2 aliphatic heterocycles. The van der Waals surface area contributed by atoms with Crippen LogP contribution in [-0.4, -0.2) is 43.9 Å². The quantitative estimate of drug-likeness (QED) is 0.610. The van der Waals surface area contributed by atoms with Crippen LogP contribution in [0.3, 0.4) is 0 Å². The average Bonchev–Trinajstić information content (AvgIpc) is 2.89. The predicted molar refractivity (Wildman–Crippen MR) is 43.5 cm³/mol. The maximum absolute atomic E-state index is 14.2. The van der Waals surface area contributed by atoms with E-state index in [9.17, 15) is 8.78 Å². The Morgan fingerprint density at radius 2 is 1.00 bits per heavy atom. The lowest BCUT2D eigenvalue weighted by molar-refractivity contribution is -0.356. The van der Waals surface area contributed by atoms with Crippen molar-refractivity contribution in [1.82, 2.24) is 0 Å². The number of halogens is 2. The van der Waals surface area contributed by atoms with Crippen LogP contribution in [0.5, 0.6) is 0 Å². The number of rotatable bonds is 0. The zero-order valence-corrected chi connectivity index (χ0v) is 8.13. The molecule has 0 aromatic rings. The first-order valence-electron chi connectivity index (χ1n) is 5.06. The van der Waals surface area contributed by atoms with Gasteiger partial charge in [0.25, 0.3) is 0 Å². The standard InChI is InChI=1S/C9H12F2O4/c10-9(11)7(12-3-4-13-7)1-2-8(9)14-5-6-15-8/h1-6H2. The third-order valence-electron chi connectivity index (χ3n) is 3.25. The predicted octanol–water partition coefficient (Wildman–Crippen LogP) is 0.902. The molecule has 0 bridgehead atoms. The molecule has 15 heavy (non-hydrogen) atoms. The number of hydrogen-bond acceptors (Lipinski definition) is 4. The molecule has 2 heterocycles. The van der Waals surface area contributed by atoms with E-state index in [2.05, 4.69) is 0 Å². The van der Waals surface area contributed by atoms with Gasteiger partial charge in [0.2, 0.25) is 11.6 Å². The van der Waals surface area contributed by atoms with E-state index in [4.69, 9.17) is 18.9 Å². The number of alkyl halides is 2. The molecule has 86 valence electrons. The summed E-state index contributed by atoms with van der Waals surface area (Å²) in [7, 11) is 0. The summed E-state index contributed by atoms with van der Waals surface area (Å²) in [4.78, 5) is 0. The molecule has 2 spiro atoms. The molecular weight excluding hydrogens is 210 g/mol. The van der Waals surface area contributed by atoms with Crippen LogP contribution in [0.2, 0.25) is 0 Å². The summed E-state index contributed by atoms with van der Waals surface area (Å²) in [5.41, 5.74) is 0. The Morgan fingerprint density at radius 1 is 0.667 bits per heavy atom. The molecule has 0 aromatic heterocycles. The van der Waals surface area contributed by atoms with Crippen LogP contribution in [0.25, 0.3) is 0 Å². The summed E-state index contributed by atoms with van der Waals surface area (Å²) in [5, 5.41) is 0. The fourth-order valence-electron chi connectivity index (χ4n) is 2.49. The van der Waals surface area contributed by atoms with Gasteiger partial charge >= 0.3 is 5.92 Å². The van der Waals surface area contributed by atoms with Crippen LogP contribution in [0.15, 0.2) is 0 Å². The Labute approximate surface area is 85.4 Å². The molecule has 0 N–H and O–H groups in total. The Bertz CT molecular complexity index is 243. The molecule has 6 heteroatoms. The first-order valence-corrected chi connectivity index (χ1v) is 5.06. The van der Waals surface area contributed by atoms with E-state index >= 15 is 0 Å². The average molecular weight is 222 g/mol. The molecule has 1 saturated carbocycles. The molecule has 3 fully saturated rings. The van der Waals surface area contributed by atoms with E-state index < -0.39 is 17.5 Å². The van der Waals surface area contributed by atoms with Crippen molar-refractivity contribution in [2.24, 2.45) is 0 Å². The zero-order chi connectivity index (χ0) is 10.6. The van der Waals surface area contributed by atoms with Gasteiger partial charge < -0.3 is 18.9 Å². The molecule has 0 unspecified atom stereocenters. The van der Waals surface area contributed by atoms with Crippen molar-refractivity contribution in [3.63, 3.8) is 0 Å². The van der Waals surface area contributed by atoms with E-state index in [1.807, 2.05) is 0 Å². The molecule has 0 aromatic carbocycles. The van der Waals surface area contributed by atoms with Gasteiger partial charge in [-0.2, -0.15) is 8.78 Å². The van der Waals surface area contributed by atoms with Crippen molar-refractivity contribution in [3.8, 4) is 0 Å². The largest absolute Gasteiger partial charge is 0.353 e. The summed E-state index contributed by atoms with van der Waals surface area (Å²) in [6, 6.07) is 0. The lowest BCUT2D eigenvalue weighted by atomic mass is 10.1. The number of hydrogen-bond donors (Lipinski definition) is 0. The monoisotopic (exact) mass is 222 g/mol. The zero-order valence-electron chi connectivity index (χ0n) is 8.13. The lowest BCUT2D eigenvalue weighted by Gasteiger charge is -2.35. The van der Waals surface area contributed by atoms with Crippen molar-refractivity contribution in [2.75, 3.05) is 26.4 Å². The van der Waals surface area contributed by atoms with E-state index in [0.717, 1.165) is 0 Å². The van der Waals surface area contributed by atoms with Gasteiger partial charge in [0.05, 0.1) is 26.4 Å². The molecular formula is C9H12F2O4. The van der Waals surface area contributed by atoms with Crippen molar-refractivity contribution in [1.29, 1.82) is 0 Å². The Kier molecular flexibility index (Phi) is 1.90. The molecule has 0 radical (unpaired) electrons. The van der Waals surface area contributed by atoms with Crippen molar-refractivity contribution in [2.45, 2.75) is 30.3 Å². The van der Waals surface area contributed by atoms with Crippen molar-refractivity contribution in [3.05, 3.63) is 0 Å². The Balaban J connectivity index is 1.96. The van der Waals surface area contributed by atoms with Crippen LogP contribution in [0, 0.1) is 0 Å². The molecule has 0 atom stereocenters. The highest BCUT2D eigenvalue weighted by Gasteiger charge is 2.77. The first kappa shape index (κ1) is 9.89. The van der Waals surface area contributed by atoms with Gasteiger partial charge in [0, 0.05) is 12.8 Å². The van der Waals surface area contributed by atoms with Crippen LogP contribution in [0.4, 0.5) is 8.78 Å². The molecule has 3 rings (SSSR count). The van der Waals surface area contributed by atoms with Crippen molar-refractivity contribution >= 4 is 0 Å². The highest BCUT2D eigenvalue weighted by Crippen LogP contribution is 2.57. The van der Waals surface area contributed by atoms with Crippen LogP contribution >= 0.6 is 0 Å². The smallest absolute Gasteiger partial charge is 0.342 e. The van der Waals surface area contributed by atoms with Crippen LogP contribution in [-0.2, 0) is 18.9 Å². The SMILES string of the molecule is FC1(F)C2(CCC13OCCO3)OCCO2. The molecule has 2 saturated heterocycles. The molecule has 3 aliphatic rings. The fraction of sp³-hybridized carbons (Fsp3) is 1.00. The third-order valence-corrected chi connectivity index (χ3v) is 3.25. The summed E-state index contributed by atoms with van der Waals surface area (Å²) >= 11 is 0. The minimum Gasteiger partial charge on any atom is -0.342 e. The minimum atomic E-state index is -3.24. The maximum Gasteiger partial charge on any atom is 0.353 e. The maximum atomic E-state index is 14.2. The van der Waals surface area contributed by atoms with Gasteiger partial charge in [-0.3, -0.25) is 0 Å². The van der Waals surface area contributed by atoms with E-state index in [-0.39, 0.29) is 39.3 Å². The van der Waals surface area contributed by atoms with Crippen molar-refractivity contribution < 1.29 is 27.7 Å². The summed E-state index contributed by atoms with van der Waals surface area (Å²) in [6.45, 7) is 0.800. The number of ether oxygens (including phenoxy) is 4. The Morgan fingerprint density at radius 3 is 1.33 bits per heavy atom. The van der Waals surface area contributed by atoms with E-state index in [0.29, 0.717) is 0 Å². The fourth-order valence-corrected chi connectivity index (χ4v) is 2.49. The van der Waals surface area contributed by atoms with Gasteiger partial charge in [-0.05, 0) is 0 Å². The minimum absolute atomic E-state index is 0.111. The van der Waals surface area contributed by atoms with E-state index in [1.165, 1.54) is 0 Å². The summed E-state index contributed by atoms with van der Waals surface area (Å²) < 4.78 is 48.6. The van der Waals surface area contributed by atoms with Crippen LogP contribution in [0.1, 0.15) is 12.8 Å². The van der Waals surface area contributed by atoms with Gasteiger partial charge in [-0.25, -0.2) is 0 Å². The van der Waals surface area contributed by atoms with E-state index in [1.54, 1.807) is 0 Å². The van der Waals surface area contributed by atoms with Gasteiger partial charge in [-0.15, -0.1) is 0 Å². The van der Waals surface area contributed by atoms with Gasteiger partial charge in [-0.1, -0.05) is 0 Å². The molecule has 1 aliphatic carbocycles. The second kappa shape index (κ2) is 2.88. The topological polar surface area (TPSA) is 36.9 Å². The highest BCUT2D eigenvalue weighted by atomic mass is 19.3. The second-order valence-electron chi connectivity index (χ2n) is 3.97. The first-order chi connectivity index (χ1) is 7.12. The molecule has 0 amide bonds. The Hall–Kier alpha value is -0.300. The summed E-state index contributed by atoms with van der Waals surface area (Å²) in [6.07, 6.45) is 0.222. The summed E-state index contributed by atoms with van der Waals surface area (Å²) in [5.74, 6) is -6.89. The highest BCUT2D eigenvalue weighted by molar-refractivity contribution is 5.08. The van der Waals surface area contributed by atoms with Gasteiger partial charge in [0.1, 0.15) is 0 Å². The van der Waals surface area contributed by atoms with Gasteiger partial charge in [0.15, 0.2) is 0 Å². The molecule has 4 nitrogen and oxygen atoms in total.